The van der Waals surface area contributed by atoms with Gasteiger partial charge in [0.15, 0.2) is 5.82 Å². The van der Waals surface area contributed by atoms with Gasteiger partial charge in [0.05, 0.1) is 24.1 Å². The summed E-state index contributed by atoms with van der Waals surface area (Å²) in [5, 5.41) is 21.8. The Labute approximate surface area is 325 Å². The molecule has 3 aliphatic rings. The molecular weight excluding hydrogens is 708 g/mol. The average molecular weight is 761 g/mol. The molecule has 288 valence electrons. The molecule has 3 fully saturated rings. The van der Waals surface area contributed by atoms with Gasteiger partial charge in [-0.2, -0.15) is 15.2 Å². The second-order valence-electron chi connectivity index (χ2n) is 16.7. The first-order valence-corrected chi connectivity index (χ1v) is 22.2. The number of nitriles is 1. The van der Waals surface area contributed by atoms with Gasteiger partial charge in [0.25, 0.3) is 0 Å². The third-order valence-electron chi connectivity index (χ3n) is 12.9. The van der Waals surface area contributed by atoms with E-state index in [2.05, 4.69) is 76.1 Å². The van der Waals surface area contributed by atoms with Crippen molar-refractivity contribution in [3.05, 3.63) is 59.9 Å². The van der Waals surface area contributed by atoms with Gasteiger partial charge >= 0.3 is 12.1 Å². The highest BCUT2D eigenvalue weighted by molar-refractivity contribution is 6.90. The van der Waals surface area contributed by atoms with Crippen LogP contribution in [0.25, 0.3) is 32.8 Å². The summed E-state index contributed by atoms with van der Waals surface area (Å²) in [6.45, 7) is 17.1. The number of hydrogen-bond acceptors (Lipinski definition) is 7. The Bertz CT molecular complexity index is 2170. The van der Waals surface area contributed by atoms with Gasteiger partial charge in [0.1, 0.15) is 26.0 Å². The van der Waals surface area contributed by atoms with Crippen molar-refractivity contribution in [1.82, 2.24) is 19.8 Å². The molecule has 0 saturated carbocycles. The fraction of sp³-hybridized carbons (Fsp3) is 0.500. The number of carboxylic acid groups (broad SMARTS) is 1. The van der Waals surface area contributed by atoms with Gasteiger partial charge in [-0.1, -0.05) is 83.9 Å². The van der Waals surface area contributed by atoms with Crippen molar-refractivity contribution in [2.75, 3.05) is 44.2 Å². The predicted molar refractivity (Wildman–Crippen MR) is 220 cm³/mol. The molecule has 1 N–H and O–H groups in total. The minimum atomic E-state index is -2.05. The lowest BCUT2D eigenvalue weighted by atomic mass is 9.93. The lowest BCUT2D eigenvalue weighted by Gasteiger charge is -2.40. The molecule has 3 saturated heterocycles. The van der Waals surface area contributed by atoms with Gasteiger partial charge in [0, 0.05) is 41.5 Å². The topological polar surface area (TPSA) is 106 Å². The van der Waals surface area contributed by atoms with Crippen LogP contribution < -0.4 is 9.64 Å². The molecule has 1 atom stereocenters. The van der Waals surface area contributed by atoms with Crippen molar-refractivity contribution in [2.45, 2.75) is 102 Å². The minimum absolute atomic E-state index is 0.0352. The number of fused-ring (bicyclic) bond motifs is 3. The Morgan fingerprint density at radius 3 is 2.31 bits per heavy atom. The van der Waals surface area contributed by atoms with E-state index >= 15 is 4.39 Å². The predicted octanol–water partition coefficient (Wildman–Crippen LogP) is 9.25. The number of hydrogen-bond donors (Lipinski definition) is 1. The lowest BCUT2D eigenvalue weighted by molar-refractivity contribution is 0.107. The summed E-state index contributed by atoms with van der Waals surface area (Å²) in [7, 11) is -2.05. The number of aromatic nitrogens is 2. The van der Waals surface area contributed by atoms with Crippen LogP contribution in [0.3, 0.4) is 0 Å². The lowest BCUT2D eigenvalue weighted by Crippen LogP contribution is -2.55. The van der Waals surface area contributed by atoms with Crippen LogP contribution in [0.2, 0.25) is 16.6 Å². The zero-order valence-electron chi connectivity index (χ0n) is 33.0. The zero-order valence-corrected chi connectivity index (χ0v) is 34.0. The maximum Gasteiger partial charge on any atom is 0.407 e. The molecule has 4 aromatic rings. The fourth-order valence-electron chi connectivity index (χ4n) is 10.2. The summed E-state index contributed by atoms with van der Waals surface area (Å²) in [5.41, 5.74) is 7.43. The monoisotopic (exact) mass is 760 g/mol. The molecular formula is C44H53FN6O3Si. The molecule has 0 bridgehead atoms. The van der Waals surface area contributed by atoms with Crippen molar-refractivity contribution < 1.29 is 19.0 Å². The number of carbonyl (C=O) groups is 1. The maximum absolute atomic E-state index is 17.4. The number of piperazine rings is 1. The number of nitrogens with zero attached hydrogens (tertiary/aromatic N) is 6. The number of ether oxygens (including phenoxy) is 1. The summed E-state index contributed by atoms with van der Waals surface area (Å²) in [6, 6.07) is 17.4. The van der Waals surface area contributed by atoms with E-state index < -0.39 is 26.0 Å². The molecule has 0 radical (unpaired) electrons. The molecule has 1 aromatic heterocycles. The fourth-order valence-corrected chi connectivity index (χ4v) is 15.4. The molecule has 0 aliphatic carbocycles. The van der Waals surface area contributed by atoms with Gasteiger partial charge in [-0.3, -0.25) is 4.90 Å². The van der Waals surface area contributed by atoms with Crippen LogP contribution in [0.1, 0.15) is 79.2 Å². The van der Waals surface area contributed by atoms with Crippen LogP contribution in [0.4, 0.5) is 15.0 Å². The Morgan fingerprint density at radius 2 is 1.65 bits per heavy atom. The Kier molecular flexibility index (Phi) is 10.8. The van der Waals surface area contributed by atoms with Gasteiger partial charge in [-0.25, -0.2) is 9.18 Å². The Hall–Kier alpha value is -4.71. The molecule has 0 spiro atoms. The Balaban J connectivity index is 1.37. The molecule has 55 heavy (non-hydrogen) atoms. The van der Waals surface area contributed by atoms with E-state index in [4.69, 9.17) is 14.7 Å². The van der Waals surface area contributed by atoms with E-state index in [-0.39, 0.29) is 36.6 Å². The van der Waals surface area contributed by atoms with Gasteiger partial charge < -0.3 is 19.6 Å². The first-order valence-electron chi connectivity index (χ1n) is 19.9. The number of halogens is 1. The van der Waals surface area contributed by atoms with E-state index in [1.165, 1.54) is 4.90 Å². The third-order valence-corrected chi connectivity index (χ3v) is 19.2. The first kappa shape index (κ1) is 38.6. The van der Waals surface area contributed by atoms with Crippen molar-refractivity contribution in [3.8, 4) is 34.7 Å². The highest BCUT2D eigenvalue weighted by Crippen LogP contribution is 2.43. The summed E-state index contributed by atoms with van der Waals surface area (Å²) >= 11 is 0. The van der Waals surface area contributed by atoms with Crippen molar-refractivity contribution in [1.29, 1.82) is 5.26 Å². The zero-order chi connectivity index (χ0) is 39.1. The molecule has 3 aliphatic heterocycles. The van der Waals surface area contributed by atoms with Crippen LogP contribution >= 0.6 is 0 Å². The number of amides is 1. The number of rotatable bonds is 9. The molecule has 1 amide bonds. The van der Waals surface area contributed by atoms with Crippen LogP contribution in [-0.2, 0) is 0 Å². The SMILES string of the molecule is CC(C)[Si](C#Cc1cccc2cccc(-c3ccc4c(N5CCN(C(=O)O)[C@@H](CC#N)C5)nc(OCC56CCCN5CCC6)nc4c3F)c12)(C(C)C)C(C)C. The largest absolute Gasteiger partial charge is 0.465 e. The molecule has 11 heteroatoms. The molecule has 4 heterocycles. The summed E-state index contributed by atoms with van der Waals surface area (Å²) in [5.74, 6) is 3.66. The molecule has 3 aromatic carbocycles. The number of benzene rings is 3. The van der Waals surface area contributed by atoms with Crippen molar-refractivity contribution in [2.24, 2.45) is 0 Å². The molecule has 9 nitrogen and oxygen atoms in total. The van der Waals surface area contributed by atoms with Gasteiger partial charge in [-0.15, -0.1) is 5.54 Å². The minimum Gasteiger partial charge on any atom is -0.465 e. The van der Waals surface area contributed by atoms with E-state index in [1.54, 1.807) is 6.07 Å². The molecule has 0 unspecified atom stereocenters. The van der Waals surface area contributed by atoms with E-state index in [1.807, 2.05) is 35.2 Å². The standard InChI is InChI=1S/C44H53FN6O3Si/c1-29(2)55(30(3)4,31(5)6)26-18-33-12-7-11-32-13-8-14-35(38(32)33)36-15-16-37-40(39(36)45)47-42(54-28-44-19-9-22-50(44)23-10-20-44)48-41(37)49-24-25-51(43(52)53)34(27-49)17-21-46/h7-8,11-16,29-31,34H,9-10,17,19-20,22-25,27-28H2,1-6H3,(H,52,53)/t34-/m0/s1. The van der Waals surface area contributed by atoms with Crippen LogP contribution in [-0.4, -0.2) is 90.0 Å². The van der Waals surface area contributed by atoms with Crippen molar-refractivity contribution >= 4 is 41.7 Å². The Morgan fingerprint density at radius 1 is 0.964 bits per heavy atom. The highest BCUT2D eigenvalue weighted by atomic mass is 28.3. The summed E-state index contributed by atoms with van der Waals surface area (Å²) in [4.78, 5) is 27.5. The highest BCUT2D eigenvalue weighted by Gasteiger charge is 2.45. The second kappa shape index (κ2) is 15.4. The average Bonchev–Trinajstić information content (AvgIpc) is 3.74. The summed E-state index contributed by atoms with van der Waals surface area (Å²) < 4.78 is 23.9. The quantitative estimate of drug-likeness (QED) is 0.133. The third kappa shape index (κ3) is 6.91. The van der Waals surface area contributed by atoms with E-state index in [9.17, 15) is 15.2 Å². The van der Waals surface area contributed by atoms with Gasteiger partial charge in [-0.05, 0) is 78.5 Å². The summed E-state index contributed by atoms with van der Waals surface area (Å²) in [6.07, 6.45) is 3.29. The van der Waals surface area contributed by atoms with Crippen LogP contribution in [0, 0.1) is 28.6 Å². The van der Waals surface area contributed by atoms with Crippen LogP contribution in [0.5, 0.6) is 6.01 Å². The van der Waals surface area contributed by atoms with Crippen molar-refractivity contribution in [3.63, 3.8) is 0 Å². The normalized spacial score (nSPS) is 18.6. The van der Waals surface area contributed by atoms with Gasteiger partial charge in [0.2, 0.25) is 0 Å². The smallest absolute Gasteiger partial charge is 0.407 e. The van der Waals surface area contributed by atoms with E-state index in [0.29, 0.717) is 46.5 Å². The first-order chi connectivity index (χ1) is 26.4. The maximum atomic E-state index is 17.4. The van der Waals surface area contributed by atoms with Crippen LogP contribution in [0.15, 0.2) is 48.5 Å². The molecule has 7 rings (SSSR count). The van der Waals surface area contributed by atoms with E-state index in [0.717, 1.165) is 60.7 Å². The second-order valence-corrected chi connectivity index (χ2v) is 22.2. The number of anilines is 1.